The van der Waals surface area contributed by atoms with E-state index in [0.29, 0.717) is 18.2 Å². The maximum Gasteiger partial charge on any atom is 0.163 e. The Morgan fingerprint density at radius 2 is 2.18 bits per heavy atom. The van der Waals surface area contributed by atoms with Crippen LogP contribution in [0.15, 0.2) is 24.3 Å². The van der Waals surface area contributed by atoms with Crippen LogP contribution in [0.5, 0.6) is 5.75 Å². The maximum atomic E-state index is 12.0. The first kappa shape index (κ1) is 15.3. The minimum absolute atomic E-state index is 0.291. The summed E-state index contributed by atoms with van der Waals surface area (Å²) in [6.07, 6.45) is 7.96. The van der Waals surface area contributed by atoms with E-state index in [-0.39, 0.29) is 0 Å². The van der Waals surface area contributed by atoms with Crippen LogP contribution in [0.25, 0.3) is 0 Å². The minimum Gasteiger partial charge on any atom is -0.492 e. The summed E-state index contributed by atoms with van der Waals surface area (Å²) in [6.45, 7) is 7.07. The molecule has 3 heteroatoms. The molecule has 2 aliphatic rings. The molecule has 3 rings (SSSR count). The van der Waals surface area contributed by atoms with Gasteiger partial charge in [0.2, 0.25) is 0 Å². The monoisotopic (exact) mass is 299 g/mol. The molecule has 118 valence electrons. The van der Waals surface area contributed by atoms with Gasteiger partial charge in [-0.2, -0.15) is 0 Å². The lowest BCUT2D eigenvalue weighted by Crippen LogP contribution is -2.43. The van der Waals surface area contributed by atoms with Crippen molar-refractivity contribution in [3.8, 4) is 5.75 Å². The number of ether oxygens (including phenoxy) is 1. The van der Waals surface area contributed by atoms with Gasteiger partial charge in [0.25, 0.3) is 0 Å². The molecule has 1 unspecified atom stereocenters. The normalized spacial score (nSPS) is 20.3. The highest BCUT2D eigenvalue weighted by Gasteiger charge is 2.28. The van der Waals surface area contributed by atoms with E-state index >= 15 is 0 Å². The predicted molar refractivity (Wildman–Crippen MR) is 88.8 cm³/mol. The lowest BCUT2D eigenvalue weighted by molar-refractivity contribution is 0.0994. The first-order valence-corrected chi connectivity index (χ1v) is 8.40. The van der Waals surface area contributed by atoms with Crippen molar-refractivity contribution in [3.05, 3.63) is 41.0 Å². The number of ketones is 1. The average molecular weight is 299 g/mol. The predicted octanol–water partition coefficient (Wildman–Crippen LogP) is 3.41. The minimum atomic E-state index is 0.291. The summed E-state index contributed by atoms with van der Waals surface area (Å²) in [5, 5.41) is 0. The zero-order chi connectivity index (χ0) is 15.5. The van der Waals surface area contributed by atoms with Crippen LogP contribution in [-0.2, 0) is 12.8 Å². The number of fused-ring (bicyclic) bond motifs is 2. The van der Waals surface area contributed by atoms with E-state index in [9.17, 15) is 4.79 Å². The Morgan fingerprint density at radius 1 is 1.32 bits per heavy atom. The largest absolute Gasteiger partial charge is 0.492 e. The maximum absolute atomic E-state index is 12.0. The fourth-order valence-electron chi connectivity index (χ4n) is 3.49. The molecule has 0 aromatic heterocycles. The van der Waals surface area contributed by atoms with Crippen LogP contribution in [0.4, 0.5) is 0 Å². The number of carbonyl (C=O) groups excluding carboxylic acids is 1. The van der Waals surface area contributed by atoms with E-state index in [1.165, 1.54) is 11.1 Å². The van der Waals surface area contributed by atoms with E-state index in [0.717, 1.165) is 50.3 Å². The molecule has 1 atom stereocenters. The summed E-state index contributed by atoms with van der Waals surface area (Å²) < 4.78 is 6.03. The first-order valence-electron chi connectivity index (χ1n) is 8.40. The smallest absolute Gasteiger partial charge is 0.163 e. The highest BCUT2D eigenvalue weighted by Crippen LogP contribution is 2.33. The molecule has 0 N–H and O–H groups in total. The summed E-state index contributed by atoms with van der Waals surface area (Å²) in [6, 6.07) is 4.59. The first-order chi connectivity index (χ1) is 10.7. The summed E-state index contributed by atoms with van der Waals surface area (Å²) in [5.74, 6) is 1.28. The lowest BCUT2D eigenvalue weighted by Gasteiger charge is -2.34. The Morgan fingerprint density at radius 3 is 2.95 bits per heavy atom. The molecule has 1 aromatic carbocycles. The van der Waals surface area contributed by atoms with Gasteiger partial charge < -0.3 is 4.74 Å². The fourth-order valence-corrected chi connectivity index (χ4v) is 3.49. The second-order valence-electron chi connectivity index (χ2n) is 6.27. The summed E-state index contributed by atoms with van der Waals surface area (Å²) >= 11 is 0. The lowest BCUT2D eigenvalue weighted by atomic mass is 9.96. The zero-order valence-corrected chi connectivity index (χ0v) is 13.6. The van der Waals surface area contributed by atoms with Crippen molar-refractivity contribution in [1.82, 2.24) is 4.90 Å². The Balaban J connectivity index is 1.80. The van der Waals surface area contributed by atoms with Crippen LogP contribution in [-0.4, -0.2) is 36.4 Å². The van der Waals surface area contributed by atoms with Gasteiger partial charge in [-0.05, 0) is 56.0 Å². The topological polar surface area (TPSA) is 29.5 Å². The molecule has 0 bridgehead atoms. The number of benzene rings is 1. The Bertz CT molecular complexity index is 591. The number of hydrogen-bond donors (Lipinski definition) is 0. The summed E-state index contributed by atoms with van der Waals surface area (Å²) in [4.78, 5) is 14.4. The van der Waals surface area contributed by atoms with Crippen molar-refractivity contribution in [2.24, 2.45) is 0 Å². The van der Waals surface area contributed by atoms with Crippen LogP contribution in [0.2, 0.25) is 0 Å². The van der Waals surface area contributed by atoms with E-state index in [1.807, 2.05) is 0 Å². The number of carbonyl (C=O) groups is 1. The third-order valence-corrected chi connectivity index (χ3v) is 4.70. The highest BCUT2D eigenvalue weighted by atomic mass is 16.5. The number of rotatable bonds is 5. The molecular weight excluding hydrogens is 274 g/mol. The molecule has 3 nitrogen and oxygen atoms in total. The zero-order valence-electron chi connectivity index (χ0n) is 13.6. The van der Waals surface area contributed by atoms with E-state index in [2.05, 4.69) is 43.0 Å². The van der Waals surface area contributed by atoms with Crippen molar-refractivity contribution < 1.29 is 9.53 Å². The molecule has 0 saturated heterocycles. The third-order valence-electron chi connectivity index (χ3n) is 4.70. The van der Waals surface area contributed by atoms with Crippen molar-refractivity contribution in [2.45, 2.75) is 45.6 Å². The quantitative estimate of drug-likeness (QED) is 0.780. The van der Waals surface area contributed by atoms with Crippen LogP contribution in [0.3, 0.4) is 0 Å². The molecule has 1 aliphatic heterocycles. The Labute approximate surface area is 133 Å². The van der Waals surface area contributed by atoms with Gasteiger partial charge in [0.1, 0.15) is 12.4 Å². The van der Waals surface area contributed by atoms with Gasteiger partial charge in [0.15, 0.2) is 5.78 Å². The number of nitrogens with zero attached hydrogens (tertiary/aromatic N) is 1. The van der Waals surface area contributed by atoms with Crippen molar-refractivity contribution in [2.75, 3.05) is 19.7 Å². The molecule has 22 heavy (non-hydrogen) atoms. The number of allylic oxidation sites excluding steroid dienone is 1. The van der Waals surface area contributed by atoms with Crippen LogP contribution >= 0.6 is 0 Å². The Hall–Kier alpha value is -1.61. The van der Waals surface area contributed by atoms with Crippen LogP contribution in [0, 0.1) is 0 Å². The third kappa shape index (κ3) is 2.95. The van der Waals surface area contributed by atoms with Crippen molar-refractivity contribution in [1.29, 1.82) is 0 Å². The van der Waals surface area contributed by atoms with E-state index in [4.69, 9.17) is 4.74 Å². The Kier molecular flexibility index (Phi) is 4.63. The summed E-state index contributed by atoms with van der Waals surface area (Å²) in [5.41, 5.74) is 3.30. The van der Waals surface area contributed by atoms with Gasteiger partial charge >= 0.3 is 0 Å². The van der Waals surface area contributed by atoms with Gasteiger partial charge in [-0.3, -0.25) is 9.69 Å². The molecule has 1 aliphatic carbocycles. The van der Waals surface area contributed by atoms with Gasteiger partial charge in [-0.25, -0.2) is 0 Å². The molecule has 0 spiro atoms. The van der Waals surface area contributed by atoms with Gasteiger partial charge in [-0.1, -0.05) is 19.1 Å². The molecule has 0 amide bonds. The van der Waals surface area contributed by atoms with Gasteiger partial charge in [-0.15, -0.1) is 0 Å². The molecule has 1 aromatic rings. The molecule has 0 radical (unpaired) electrons. The van der Waals surface area contributed by atoms with Gasteiger partial charge in [0.05, 0.1) is 0 Å². The average Bonchev–Trinajstić information content (AvgIpc) is 2.89. The number of Topliss-reactive ketones (excluding diaryl/α,β-unsaturated/α-hetero) is 1. The van der Waals surface area contributed by atoms with Gasteiger partial charge in [0, 0.05) is 24.6 Å². The standard InChI is InChI=1S/C19H25NO2/c1-3-5-9-20(8-4-2)16-10-15-11-17-14(6-7-18(17)21)12-19(15)22-13-16/h3,5,11-12,16H,4,6-10,13H2,1-2H3/b5-3+. The number of aryl methyl sites for hydroxylation is 1. The van der Waals surface area contributed by atoms with Crippen molar-refractivity contribution in [3.63, 3.8) is 0 Å². The van der Waals surface area contributed by atoms with Crippen molar-refractivity contribution >= 4 is 5.78 Å². The second-order valence-corrected chi connectivity index (χ2v) is 6.27. The molecule has 1 heterocycles. The number of hydrogen-bond acceptors (Lipinski definition) is 3. The van der Waals surface area contributed by atoms with E-state index < -0.39 is 0 Å². The highest BCUT2D eigenvalue weighted by molar-refractivity contribution is 6.00. The van der Waals surface area contributed by atoms with Crippen LogP contribution < -0.4 is 4.74 Å². The molecular formula is C19H25NO2. The fraction of sp³-hybridized carbons (Fsp3) is 0.526. The van der Waals surface area contributed by atoms with E-state index in [1.54, 1.807) is 0 Å². The molecule has 0 fully saturated rings. The molecule has 0 saturated carbocycles. The second kappa shape index (κ2) is 6.66. The SMILES string of the molecule is C/C=C/CN(CCC)C1COc2cc3c(cc2C1)C(=O)CC3. The summed E-state index contributed by atoms with van der Waals surface area (Å²) in [7, 11) is 0. The van der Waals surface area contributed by atoms with Crippen LogP contribution in [0.1, 0.15) is 48.2 Å².